The fourth-order valence-corrected chi connectivity index (χ4v) is 3.76. The van der Waals surface area contributed by atoms with E-state index in [9.17, 15) is 5.11 Å². The summed E-state index contributed by atoms with van der Waals surface area (Å²) < 4.78 is 0. The first kappa shape index (κ1) is 20.0. The van der Waals surface area contributed by atoms with E-state index in [1.165, 1.54) is 33.4 Å². The van der Waals surface area contributed by atoms with Gasteiger partial charge in [0.1, 0.15) is 0 Å². The van der Waals surface area contributed by atoms with Crippen molar-refractivity contribution in [2.75, 3.05) is 0 Å². The van der Waals surface area contributed by atoms with E-state index in [1.807, 2.05) is 13.1 Å². The van der Waals surface area contributed by atoms with Crippen molar-refractivity contribution < 1.29 is 5.11 Å². The number of rotatable bonds is 6. The van der Waals surface area contributed by atoms with Crippen LogP contribution in [0, 0.1) is 19.8 Å². The highest BCUT2D eigenvalue weighted by atomic mass is 16.3. The fourth-order valence-electron chi connectivity index (χ4n) is 3.76. The Morgan fingerprint density at radius 3 is 2.58 bits per heavy atom. The summed E-state index contributed by atoms with van der Waals surface area (Å²) >= 11 is 0. The molecule has 26 heavy (non-hydrogen) atoms. The Labute approximate surface area is 158 Å². The van der Waals surface area contributed by atoms with Crippen LogP contribution in [-0.2, 0) is 0 Å². The highest BCUT2D eigenvalue weighted by Gasteiger charge is 2.25. The summed E-state index contributed by atoms with van der Waals surface area (Å²) in [5.41, 5.74) is 8.56. The van der Waals surface area contributed by atoms with E-state index >= 15 is 0 Å². The molecule has 0 aliphatic heterocycles. The Hall–Kier alpha value is -2.35. The molecule has 0 saturated carbocycles. The van der Waals surface area contributed by atoms with Crippen molar-refractivity contribution in [2.24, 2.45) is 10.9 Å². The molecule has 0 spiro atoms. The number of aliphatic hydroxyl groups is 1. The summed E-state index contributed by atoms with van der Waals surface area (Å²) in [5, 5.41) is 9.85. The molecule has 2 heteroatoms. The topological polar surface area (TPSA) is 32.6 Å². The standard InChI is InChI=1S/C24H31NO/c1-8-25-19(6)24(23-11-9-10-15(2)16(23)3)14-21-12-13-22(20(7)26)18(5)17(21)4/h8-12,22,24,26H,6-7,13-14H2,1-5H3. The summed E-state index contributed by atoms with van der Waals surface area (Å²) in [6.45, 7) is 18.5. The van der Waals surface area contributed by atoms with Crippen molar-refractivity contribution in [1.29, 1.82) is 0 Å². The van der Waals surface area contributed by atoms with Crippen molar-refractivity contribution in [3.8, 4) is 0 Å². The van der Waals surface area contributed by atoms with Gasteiger partial charge in [-0.15, -0.1) is 0 Å². The lowest BCUT2D eigenvalue weighted by Crippen LogP contribution is -2.13. The molecular weight excluding hydrogens is 318 g/mol. The van der Waals surface area contributed by atoms with E-state index < -0.39 is 0 Å². The molecule has 138 valence electrons. The summed E-state index contributed by atoms with van der Waals surface area (Å²) in [4.78, 5) is 4.51. The van der Waals surface area contributed by atoms with Crippen LogP contribution in [0.4, 0.5) is 0 Å². The molecule has 2 unspecified atom stereocenters. The van der Waals surface area contributed by atoms with Gasteiger partial charge in [0.05, 0.1) is 5.76 Å². The monoisotopic (exact) mass is 349 g/mol. The number of nitrogens with zero attached hydrogens (tertiary/aromatic N) is 1. The van der Waals surface area contributed by atoms with Crippen LogP contribution in [0.2, 0.25) is 0 Å². The van der Waals surface area contributed by atoms with Crippen molar-refractivity contribution >= 4 is 6.21 Å². The van der Waals surface area contributed by atoms with Crippen LogP contribution in [-0.4, -0.2) is 11.3 Å². The van der Waals surface area contributed by atoms with E-state index in [-0.39, 0.29) is 17.6 Å². The van der Waals surface area contributed by atoms with Gasteiger partial charge in [-0.1, -0.05) is 43.0 Å². The van der Waals surface area contributed by atoms with E-state index in [2.05, 4.69) is 70.1 Å². The van der Waals surface area contributed by atoms with Gasteiger partial charge in [0.2, 0.25) is 0 Å². The average Bonchev–Trinajstić information content (AvgIpc) is 2.59. The van der Waals surface area contributed by atoms with Gasteiger partial charge in [-0.25, -0.2) is 0 Å². The highest BCUT2D eigenvalue weighted by molar-refractivity contribution is 5.56. The molecule has 0 aromatic heterocycles. The minimum absolute atomic E-state index is 0.0368. The second kappa shape index (κ2) is 8.35. The first-order valence-electron chi connectivity index (χ1n) is 9.26. The minimum atomic E-state index is 0.0368. The van der Waals surface area contributed by atoms with Crippen molar-refractivity contribution in [2.45, 2.75) is 53.4 Å². The largest absolute Gasteiger partial charge is 0.512 e. The van der Waals surface area contributed by atoms with Gasteiger partial charge >= 0.3 is 0 Å². The lowest BCUT2D eigenvalue weighted by molar-refractivity contribution is 0.350. The number of allylic oxidation sites excluding steroid dienone is 5. The molecule has 2 rings (SSSR count). The molecule has 0 bridgehead atoms. The number of benzene rings is 1. The summed E-state index contributed by atoms with van der Waals surface area (Å²) in [6, 6.07) is 6.45. The molecule has 0 radical (unpaired) electrons. The van der Waals surface area contributed by atoms with Crippen LogP contribution in [0.25, 0.3) is 0 Å². The highest BCUT2D eigenvalue weighted by Crippen LogP contribution is 2.40. The van der Waals surface area contributed by atoms with Crippen LogP contribution in [0.15, 0.2) is 70.6 Å². The molecule has 0 heterocycles. The molecule has 2 nitrogen and oxygen atoms in total. The van der Waals surface area contributed by atoms with Gasteiger partial charge in [0, 0.05) is 23.7 Å². The first-order chi connectivity index (χ1) is 12.3. The minimum Gasteiger partial charge on any atom is -0.512 e. The summed E-state index contributed by atoms with van der Waals surface area (Å²) in [5.74, 6) is 0.437. The third-order valence-corrected chi connectivity index (χ3v) is 5.74. The van der Waals surface area contributed by atoms with Gasteiger partial charge in [-0.3, -0.25) is 4.99 Å². The Kier molecular flexibility index (Phi) is 6.42. The van der Waals surface area contributed by atoms with Gasteiger partial charge in [0.15, 0.2) is 0 Å². The predicted molar refractivity (Wildman–Crippen MR) is 113 cm³/mol. The van der Waals surface area contributed by atoms with Crippen molar-refractivity contribution in [3.63, 3.8) is 0 Å². The smallest absolute Gasteiger partial charge is 0.0925 e. The predicted octanol–water partition coefficient (Wildman–Crippen LogP) is 6.74. The van der Waals surface area contributed by atoms with Crippen LogP contribution in [0.3, 0.4) is 0 Å². The lowest BCUT2D eigenvalue weighted by atomic mass is 9.78. The van der Waals surface area contributed by atoms with Gasteiger partial charge in [0.25, 0.3) is 0 Å². The Bertz CT molecular complexity index is 807. The van der Waals surface area contributed by atoms with Crippen molar-refractivity contribution in [3.05, 3.63) is 82.3 Å². The molecule has 2 atom stereocenters. The maximum Gasteiger partial charge on any atom is 0.0925 e. The van der Waals surface area contributed by atoms with E-state index in [4.69, 9.17) is 0 Å². The van der Waals surface area contributed by atoms with Gasteiger partial charge in [-0.05, 0) is 75.3 Å². The molecule has 1 aliphatic rings. The molecular formula is C24H31NO. The molecule has 1 aliphatic carbocycles. The molecule has 0 saturated heterocycles. The lowest BCUT2D eigenvalue weighted by Gasteiger charge is -2.28. The Balaban J connectivity index is 2.42. The second-order valence-electron chi connectivity index (χ2n) is 7.24. The number of aryl methyl sites for hydroxylation is 1. The zero-order valence-electron chi connectivity index (χ0n) is 16.8. The fraction of sp³-hybridized carbons (Fsp3) is 0.375. The molecule has 0 amide bonds. The number of aliphatic hydroxyl groups excluding tert-OH is 1. The van der Waals surface area contributed by atoms with E-state index in [0.717, 1.165) is 18.5 Å². The summed E-state index contributed by atoms with van der Waals surface area (Å²) in [6.07, 6.45) is 5.73. The third kappa shape index (κ3) is 4.07. The number of hydrogen-bond acceptors (Lipinski definition) is 2. The number of aliphatic imine (C=N–C) groups is 1. The Morgan fingerprint density at radius 1 is 1.27 bits per heavy atom. The summed E-state index contributed by atoms with van der Waals surface area (Å²) in [7, 11) is 0. The Morgan fingerprint density at radius 2 is 1.96 bits per heavy atom. The van der Waals surface area contributed by atoms with Crippen LogP contribution < -0.4 is 0 Å². The maximum absolute atomic E-state index is 9.85. The van der Waals surface area contributed by atoms with E-state index in [1.54, 1.807) is 0 Å². The maximum atomic E-state index is 9.85. The second-order valence-corrected chi connectivity index (χ2v) is 7.24. The molecule has 0 fully saturated rings. The average molecular weight is 350 g/mol. The van der Waals surface area contributed by atoms with E-state index in [0.29, 0.717) is 0 Å². The molecule has 1 aromatic carbocycles. The van der Waals surface area contributed by atoms with Gasteiger partial charge < -0.3 is 5.11 Å². The van der Waals surface area contributed by atoms with Crippen LogP contribution in [0.1, 0.15) is 56.2 Å². The zero-order valence-corrected chi connectivity index (χ0v) is 16.8. The quantitative estimate of drug-likeness (QED) is 0.448. The first-order valence-corrected chi connectivity index (χ1v) is 9.26. The normalized spacial score (nSPS) is 18.8. The zero-order chi connectivity index (χ0) is 19.4. The molecule has 1 N–H and O–H groups in total. The van der Waals surface area contributed by atoms with Crippen molar-refractivity contribution in [1.82, 2.24) is 0 Å². The van der Waals surface area contributed by atoms with Crippen LogP contribution in [0.5, 0.6) is 0 Å². The number of hydrogen-bond donors (Lipinski definition) is 1. The van der Waals surface area contributed by atoms with Crippen LogP contribution >= 0.6 is 0 Å². The SMILES string of the molecule is C=C(O)C1CC=C(CC(C(=C)N=CC)c2cccc(C)c2C)C(C)=C1C. The van der Waals surface area contributed by atoms with Gasteiger partial charge in [-0.2, -0.15) is 0 Å². The third-order valence-electron chi connectivity index (χ3n) is 5.74. The molecule has 1 aromatic rings.